The van der Waals surface area contributed by atoms with E-state index < -0.39 is 10.0 Å². The van der Waals surface area contributed by atoms with Crippen LogP contribution in [-0.4, -0.2) is 10.6 Å². The first kappa shape index (κ1) is 42.9. The number of hydrogen-bond donors (Lipinski definition) is 1. The molecule has 2 nitrogen and oxygen atoms in total. The monoisotopic (exact) mass is 838 g/mol. The van der Waals surface area contributed by atoms with E-state index in [4.69, 9.17) is 0 Å². The van der Waals surface area contributed by atoms with E-state index in [2.05, 4.69) is 229 Å². The van der Waals surface area contributed by atoms with Crippen molar-refractivity contribution in [2.75, 3.05) is 0 Å². The highest BCUT2D eigenvalue weighted by Crippen LogP contribution is 2.79. The highest BCUT2D eigenvalue weighted by molar-refractivity contribution is 8.34. The largest absolute Gasteiger partial charge is 0.377 e. The molecule has 0 fully saturated rings. The summed E-state index contributed by atoms with van der Waals surface area (Å²) in [6, 6.07) is 65.4. The fourth-order valence-electron chi connectivity index (χ4n) is 9.35. The summed E-state index contributed by atoms with van der Waals surface area (Å²) < 4.78 is 2.39. The highest BCUT2D eigenvalue weighted by Gasteiger charge is 2.41. The van der Waals surface area contributed by atoms with Crippen molar-refractivity contribution in [1.29, 1.82) is 0 Å². The molecule has 0 spiro atoms. The van der Waals surface area contributed by atoms with Crippen LogP contribution in [-0.2, 0) is 0 Å². The highest BCUT2D eigenvalue weighted by atomic mass is 32.3. The quantitative estimate of drug-likeness (QED) is 0.165. The molecule has 0 amide bonds. The molecule has 0 bridgehead atoms. The molecule has 0 radical (unpaired) electrons. The third-order valence-electron chi connectivity index (χ3n) is 11.9. The van der Waals surface area contributed by atoms with Gasteiger partial charge in [-0.3, -0.25) is 0 Å². The number of benzene rings is 7. The van der Waals surface area contributed by atoms with E-state index in [-0.39, 0.29) is 6.04 Å². The summed E-state index contributed by atoms with van der Waals surface area (Å²) in [4.78, 5) is 5.57. The number of dihydropyridines is 1. The average molecular weight is 839 g/mol. The van der Waals surface area contributed by atoms with Gasteiger partial charge in [0.15, 0.2) is 0 Å². The average Bonchev–Trinajstić information content (AvgIpc) is 3.87. The second kappa shape index (κ2) is 19.5. The van der Waals surface area contributed by atoms with Crippen molar-refractivity contribution in [2.45, 2.75) is 66.7 Å². The Kier molecular flexibility index (Phi) is 13.3. The first-order valence-electron chi connectivity index (χ1n) is 22.6. The number of para-hydroxylation sites is 2. The molecular weight excluding hydrogens is 781 g/mol. The third-order valence-corrected chi connectivity index (χ3v) is 15.9. The summed E-state index contributed by atoms with van der Waals surface area (Å²) in [5.41, 5.74) is 11.2. The molecule has 314 valence electrons. The maximum Gasteiger partial charge on any atom is 0.0585 e. The van der Waals surface area contributed by atoms with Gasteiger partial charge in [-0.05, 0) is 108 Å². The third kappa shape index (κ3) is 7.72. The van der Waals surface area contributed by atoms with E-state index in [1.807, 2.05) is 34.6 Å². The minimum atomic E-state index is -1.67. The van der Waals surface area contributed by atoms with Gasteiger partial charge in [-0.2, -0.15) is 0 Å². The van der Waals surface area contributed by atoms with E-state index in [0.717, 1.165) is 12.1 Å². The molecule has 1 aliphatic carbocycles. The first-order valence-corrected chi connectivity index (χ1v) is 24.2. The Labute approximate surface area is 376 Å². The van der Waals surface area contributed by atoms with Crippen molar-refractivity contribution in [1.82, 2.24) is 9.88 Å². The summed E-state index contributed by atoms with van der Waals surface area (Å²) in [7, 11) is -1.67. The van der Waals surface area contributed by atoms with Crippen LogP contribution < -0.4 is 5.32 Å². The number of rotatable bonds is 6. The molecule has 2 atom stereocenters. The van der Waals surface area contributed by atoms with Crippen molar-refractivity contribution < 1.29 is 0 Å². The Balaban J connectivity index is 0.000000738. The first-order chi connectivity index (χ1) is 31.2. The molecule has 3 heterocycles. The minimum Gasteiger partial charge on any atom is -0.377 e. The van der Waals surface area contributed by atoms with Crippen LogP contribution in [0.5, 0.6) is 0 Å². The molecule has 8 aromatic rings. The Hall–Kier alpha value is -6.81. The fourth-order valence-corrected chi connectivity index (χ4v) is 13.6. The smallest absolute Gasteiger partial charge is 0.0585 e. The van der Waals surface area contributed by atoms with Crippen LogP contribution in [0.2, 0.25) is 0 Å². The lowest BCUT2D eigenvalue weighted by Gasteiger charge is -2.39. The van der Waals surface area contributed by atoms with Crippen LogP contribution in [0.4, 0.5) is 0 Å². The molecule has 2 unspecified atom stereocenters. The molecule has 0 saturated heterocycles. The maximum atomic E-state index is 4.05. The van der Waals surface area contributed by atoms with E-state index in [1.165, 1.54) is 74.9 Å². The Morgan fingerprint density at radius 1 is 0.556 bits per heavy atom. The predicted molar refractivity (Wildman–Crippen MR) is 274 cm³/mol. The number of fused-ring (bicyclic) bond motifs is 6. The van der Waals surface area contributed by atoms with Gasteiger partial charge in [0.25, 0.3) is 0 Å². The van der Waals surface area contributed by atoms with Gasteiger partial charge in [-0.15, -0.1) is 16.6 Å². The van der Waals surface area contributed by atoms with Crippen molar-refractivity contribution in [3.63, 3.8) is 0 Å². The molecule has 1 aromatic heterocycles. The van der Waals surface area contributed by atoms with Gasteiger partial charge in [-0.25, -0.2) is 0 Å². The Morgan fingerprint density at radius 3 is 1.63 bits per heavy atom. The van der Waals surface area contributed by atoms with Crippen LogP contribution in [0.15, 0.2) is 245 Å². The molecule has 7 aromatic carbocycles. The zero-order valence-corrected chi connectivity index (χ0v) is 38.0. The second-order valence-electron chi connectivity index (χ2n) is 15.3. The van der Waals surface area contributed by atoms with Gasteiger partial charge in [0.2, 0.25) is 0 Å². The van der Waals surface area contributed by atoms with Gasteiger partial charge < -0.3 is 9.88 Å². The number of nitrogens with zero attached hydrogens (tertiary/aromatic N) is 1. The van der Waals surface area contributed by atoms with Gasteiger partial charge in [0.1, 0.15) is 0 Å². The standard InChI is InChI=1S/C53H40N2S.C3H6.2C2H6/c1-3-15-39(16-4-1)53-43(37-27-31-40(32-28-37)55-49-23-11-7-19-44(49)45-20-8-12-24-50(45)55)35-36-48(54-53)38-29-33-42(34-30-38)56(41-17-5-2-6-18-41)51-25-13-9-21-46(51)47-22-10-14-26-52(47)56;1-3-2;2*1-2/h1-15,17-36,39,53-54H,16H2;3H,1H2,2H3;2*1-2H3. The van der Waals surface area contributed by atoms with Crippen LogP contribution in [0.1, 0.15) is 52.2 Å². The number of allylic oxidation sites excluding steroid dienone is 6. The van der Waals surface area contributed by atoms with E-state index in [1.54, 1.807) is 6.08 Å². The van der Waals surface area contributed by atoms with Gasteiger partial charge in [0, 0.05) is 47.7 Å². The second-order valence-corrected chi connectivity index (χ2v) is 18.4. The molecule has 3 aliphatic rings. The topological polar surface area (TPSA) is 17.0 Å². The molecule has 1 N–H and O–H groups in total. The molecule has 63 heavy (non-hydrogen) atoms. The van der Waals surface area contributed by atoms with Crippen molar-refractivity contribution in [3.05, 3.63) is 236 Å². The van der Waals surface area contributed by atoms with Crippen LogP contribution in [0.25, 0.3) is 49.9 Å². The van der Waals surface area contributed by atoms with E-state index in [9.17, 15) is 0 Å². The normalized spacial score (nSPS) is 16.8. The number of nitrogens with one attached hydrogen (secondary N) is 1. The van der Waals surface area contributed by atoms with Gasteiger partial charge in [-0.1, -0.05) is 179 Å². The number of hydrogen-bond acceptors (Lipinski definition) is 1. The molecule has 0 saturated carbocycles. The summed E-state index contributed by atoms with van der Waals surface area (Å²) in [5.74, 6) is 0.337. The zero-order chi connectivity index (χ0) is 43.8. The fraction of sp³-hybridized carbons (Fsp3) is 0.133. The summed E-state index contributed by atoms with van der Waals surface area (Å²) >= 11 is 0. The predicted octanol–water partition coefficient (Wildman–Crippen LogP) is 16.9. The van der Waals surface area contributed by atoms with Gasteiger partial charge in [0.05, 0.1) is 17.1 Å². The van der Waals surface area contributed by atoms with Crippen LogP contribution >= 0.6 is 10.0 Å². The lowest BCUT2D eigenvalue weighted by Crippen LogP contribution is -2.37. The molecule has 3 heteroatoms. The van der Waals surface area contributed by atoms with E-state index >= 15 is 0 Å². The minimum absolute atomic E-state index is 0.129. The molecule has 2 aliphatic heterocycles. The summed E-state index contributed by atoms with van der Waals surface area (Å²) in [5, 5.41) is 6.61. The zero-order valence-electron chi connectivity index (χ0n) is 37.2. The summed E-state index contributed by atoms with van der Waals surface area (Å²) in [6.07, 6.45) is 16.4. The molecular formula is C60H58N2S. The lowest BCUT2D eigenvalue weighted by atomic mass is 9.82. The van der Waals surface area contributed by atoms with Crippen LogP contribution in [0, 0.1) is 5.92 Å². The van der Waals surface area contributed by atoms with Crippen molar-refractivity contribution >= 4 is 43.1 Å². The van der Waals surface area contributed by atoms with E-state index in [0.29, 0.717) is 5.92 Å². The SMILES string of the molecule is C1=CCC(C2NC(c3ccc(S4(c5ccccc5)c5ccccc5-c5ccccc54)cc3)=CC=C2c2ccc(-n3c4ccccc4c4ccccc43)cc2)C=C1.C=CC.CC.CC. The maximum absolute atomic E-state index is 4.05. The number of aromatic nitrogens is 1. The lowest BCUT2D eigenvalue weighted by molar-refractivity contribution is 0.540. The Morgan fingerprint density at radius 2 is 1.06 bits per heavy atom. The van der Waals surface area contributed by atoms with Crippen molar-refractivity contribution in [2.24, 2.45) is 5.92 Å². The van der Waals surface area contributed by atoms with Crippen molar-refractivity contribution in [3.8, 4) is 16.8 Å². The van der Waals surface area contributed by atoms with Crippen LogP contribution in [0.3, 0.4) is 0 Å². The Bertz CT molecular complexity index is 2860. The van der Waals surface area contributed by atoms with Gasteiger partial charge >= 0.3 is 0 Å². The molecule has 11 rings (SSSR count). The summed E-state index contributed by atoms with van der Waals surface area (Å²) in [6.45, 7) is 13.2.